The first-order valence-electron chi connectivity index (χ1n) is 11.6. The third-order valence-corrected chi connectivity index (χ3v) is 6.80. The first-order valence-corrected chi connectivity index (χ1v) is 11.6. The van der Waals surface area contributed by atoms with Crippen LogP contribution < -0.4 is 0 Å². The van der Waals surface area contributed by atoms with E-state index in [9.17, 15) is 4.79 Å². The molecule has 0 saturated carbocycles. The standard InChI is InChI=1S/C28H30N2O.ClH/c31-28(30-26-14-6-4-12-24(26)25-13-5-7-15-27(25)30)16-8-9-19-29-20-17-23(18-21-29)22-10-2-1-3-11-22;/h1-7,10-15,23H,8-9,16-21H2;1H. The largest absolute Gasteiger partial charge is 0.303 e. The van der Waals surface area contributed by atoms with E-state index < -0.39 is 0 Å². The van der Waals surface area contributed by atoms with Gasteiger partial charge in [-0.15, -0.1) is 12.4 Å². The molecule has 0 N–H and O–H groups in total. The highest BCUT2D eigenvalue weighted by atomic mass is 35.5. The van der Waals surface area contributed by atoms with E-state index in [2.05, 4.69) is 59.5 Å². The molecule has 1 saturated heterocycles. The molecule has 4 heteroatoms. The van der Waals surface area contributed by atoms with Gasteiger partial charge in [0, 0.05) is 17.2 Å². The van der Waals surface area contributed by atoms with Crippen molar-refractivity contribution in [3.05, 3.63) is 84.4 Å². The van der Waals surface area contributed by atoms with Gasteiger partial charge in [-0.3, -0.25) is 9.36 Å². The van der Waals surface area contributed by atoms with Crippen molar-refractivity contribution in [1.82, 2.24) is 9.47 Å². The zero-order valence-corrected chi connectivity index (χ0v) is 19.3. The number of nitrogens with zero attached hydrogens (tertiary/aromatic N) is 2. The molecule has 32 heavy (non-hydrogen) atoms. The van der Waals surface area contributed by atoms with Crippen LogP contribution in [0.25, 0.3) is 21.8 Å². The lowest BCUT2D eigenvalue weighted by molar-refractivity contribution is 0.0907. The van der Waals surface area contributed by atoms with Crippen LogP contribution in [0, 0.1) is 0 Å². The number of likely N-dealkylation sites (tertiary alicyclic amines) is 1. The van der Waals surface area contributed by atoms with Gasteiger partial charge in [0.05, 0.1) is 11.0 Å². The van der Waals surface area contributed by atoms with E-state index in [-0.39, 0.29) is 18.3 Å². The molecule has 3 nitrogen and oxygen atoms in total. The number of carbonyl (C=O) groups is 1. The average molecular weight is 447 g/mol. The summed E-state index contributed by atoms with van der Waals surface area (Å²) in [5.74, 6) is 0.912. The quantitative estimate of drug-likeness (QED) is 0.301. The minimum absolute atomic E-state index is 0. The fourth-order valence-corrected chi connectivity index (χ4v) is 5.13. The molecule has 1 aromatic heterocycles. The summed E-state index contributed by atoms with van der Waals surface area (Å²) in [5.41, 5.74) is 3.53. The summed E-state index contributed by atoms with van der Waals surface area (Å²) in [6, 6.07) is 27.4. The third-order valence-electron chi connectivity index (χ3n) is 6.80. The van der Waals surface area contributed by atoms with E-state index in [1.807, 2.05) is 28.8 Å². The van der Waals surface area contributed by atoms with Crippen molar-refractivity contribution in [3.8, 4) is 0 Å². The maximum Gasteiger partial charge on any atom is 0.231 e. The van der Waals surface area contributed by atoms with Gasteiger partial charge in [-0.2, -0.15) is 0 Å². The average Bonchev–Trinajstić information content (AvgIpc) is 3.17. The fourth-order valence-electron chi connectivity index (χ4n) is 5.13. The summed E-state index contributed by atoms with van der Waals surface area (Å²) >= 11 is 0. The van der Waals surface area contributed by atoms with Crippen molar-refractivity contribution in [2.75, 3.05) is 19.6 Å². The molecular weight excluding hydrogens is 416 g/mol. The zero-order valence-electron chi connectivity index (χ0n) is 18.5. The van der Waals surface area contributed by atoms with Crippen LogP contribution >= 0.6 is 12.4 Å². The van der Waals surface area contributed by atoms with Crippen LogP contribution in [0.4, 0.5) is 0 Å². The number of hydrogen-bond acceptors (Lipinski definition) is 2. The van der Waals surface area contributed by atoms with Crippen molar-refractivity contribution < 1.29 is 4.79 Å². The SMILES string of the molecule is Cl.O=C(CCCCN1CCC(c2ccccc2)CC1)n1c2ccccc2c2ccccc21. The van der Waals surface area contributed by atoms with Gasteiger partial charge in [-0.1, -0.05) is 66.7 Å². The number of rotatable bonds is 6. The summed E-state index contributed by atoms with van der Waals surface area (Å²) in [7, 11) is 0. The smallest absolute Gasteiger partial charge is 0.231 e. The van der Waals surface area contributed by atoms with Gasteiger partial charge < -0.3 is 4.90 Å². The summed E-state index contributed by atoms with van der Waals surface area (Å²) < 4.78 is 1.93. The van der Waals surface area contributed by atoms with Gasteiger partial charge in [0.15, 0.2) is 0 Å². The minimum atomic E-state index is 0. The molecule has 0 bridgehead atoms. The highest BCUT2D eigenvalue weighted by Gasteiger charge is 2.20. The molecule has 166 valence electrons. The Hall–Kier alpha value is -2.62. The number of benzene rings is 3. The number of piperidine rings is 1. The maximum absolute atomic E-state index is 13.1. The Kier molecular flexibility index (Phi) is 7.29. The van der Waals surface area contributed by atoms with Crippen LogP contribution in [0.3, 0.4) is 0 Å². The number of para-hydroxylation sites is 2. The van der Waals surface area contributed by atoms with Gasteiger partial charge in [-0.05, 0) is 68.9 Å². The first kappa shape index (κ1) is 22.6. The van der Waals surface area contributed by atoms with E-state index in [0.717, 1.165) is 41.2 Å². The van der Waals surface area contributed by atoms with Gasteiger partial charge >= 0.3 is 0 Å². The molecule has 0 amide bonds. The molecule has 0 radical (unpaired) electrons. The van der Waals surface area contributed by atoms with E-state index in [0.29, 0.717) is 12.3 Å². The number of halogens is 1. The number of aromatic nitrogens is 1. The van der Waals surface area contributed by atoms with Crippen molar-refractivity contribution in [1.29, 1.82) is 0 Å². The van der Waals surface area contributed by atoms with E-state index >= 15 is 0 Å². The summed E-state index contributed by atoms with van der Waals surface area (Å²) in [4.78, 5) is 15.7. The second kappa shape index (κ2) is 10.3. The van der Waals surface area contributed by atoms with E-state index in [1.54, 1.807) is 0 Å². The lowest BCUT2D eigenvalue weighted by atomic mass is 9.89. The molecule has 0 unspecified atom stereocenters. The minimum Gasteiger partial charge on any atom is -0.303 e. The predicted molar refractivity (Wildman–Crippen MR) is 136 cm³/mol. The maximum atomic E-state index is 13.1. The lowest BCUT2D eigenvalue weighted by Gasteiger charge is -2.32. The zero-order chi connectivity index (χ0) is 21.0. The second-order valence-electron chi connectivity index (χ2n) is 8.75. The summed E-state index contributed by atoms with van der Waals surface area (Å²) in [6.45, 7) is 3.43. The monoisotopic (exact) mass is 446 g/mol. The van der Waals surface area contributed by atoms with Crippen LogP contribution in [0.15, 0.2) is 78.9 Å². The van der Waals surface area contributed by atoms with Crippen LogP contribution in [-0.4, -0.2) is 35.0 Å². The van der Waals surface area contributed by atoms with Crippen LogP contribution in [-0.2, 0) is 0 Å². The van der Waals surface area contributed by atoms with Crippen molar-refractivity contribution in [2.24, 2.45) is 0 Å². The second-order valence-corrected chi connectivity index (χ2v) is 8.75. The Morgan fingerprint density at radius 2 is 1.31 bits per heavy atom. The fraction of sp³-hybridized carbons (Fsp3) is 0.321. The van der Waals surface area contributed by atoms with Gasteiger partial charge in [0.25, 0.3) is 0 Å². The Bertz CT molecular complexity index is 1120. The molecule has 3 aromatic carbocycles. The van der Waals surface area contributed by atoms with Crippen LogP contribution in [0.2, 0.25) is 0 Å². The molecule has 2 heterocycles. The highest BCUT2D eigenvalue weighted by Crippen LogP contribution is 2.30. The Balaban J connectivity index is 0.00000245. The normalized spacial score (nSPS) is 15.1. The number of unbranched alkanes of at least 4 members (excludes halogenated alkanes) is 1. The summed E-state index contributed by atoms with van der Waals surface area (Å²) in [6.07, 6.45) is 5.11. The Morgan fingerprint density at radius 1 is 0.750 bits per heavy atom. The van der Waals surface area contributed by atoms with Crippen LogP contribution in [0.1, 0.15) is 48.4 Å². The molecule has 1 aliphatic heterocycles. The third kappa shape index (κ3) is 4.60. The highest BCUT2D eigenvalue weighted by molar-refractivity contribution is 6.13. The molecule has 1 fully saturated rings. The lowest BCUT2D eigenvalue weighted by Crippen LogP contribution is -2.33. The van der Waals surface area contributed by atoms with Crippen molar-refractivity contribution in [2.45, 2.75) is 38.0 Å². The molecule has 0 atom stereocenters. The summed E-state index contributed by atoms with van der Waals surface area (Å²) in [5, 5.41) is 2.32. The topological polar surface area (TPSA) is 25.2 Å². The number of carbonyl (C=O) groups excluding carboxylic acids is 1. The first-order chi connectivity index (χ1) is 15.3. The molecular formula is C28H31ClN2O. The van der Waals surface area contributed by atoms with E-state index in [1.165, 1.54) is 31.5 Å². The van der Waals surface area contributed by atoms with Gasteiger partial charge in [-0.25, -0.2) is 0 Å². The molecule has 4 aromatic rings. The molecule has 5 rings (SSSR count). The van der Waals surface area contributed by atoms with Crippen molar-refractivity contribution in [3.63, 3.8) is 0 Å². The Morgan fingerprint density at radius 3 is 1.94 bits per heavy atom. The molecule has 0 aliphatic carbocycles. The van der Waals surface area contributed by atoms with Gasteiger partial charge in [0.1, 0.15) is 0 Å². The van der Waals surface area contributed by atoms with Gasteiger partial charge in [0.2, 0.25) is 5.91 Å². The molecule has 0 spiro atoms. The number of fused-ring (bicyclic) bond motifs is 3. The number of hydrogen-bond donors (Lipinski definition) is 0. The van der Waals surface area contributed by atoms with E-state index in [4.69, 9.17) is 0 Å². The van der Waals surface area contributed by atoms with Crippen LogP contribution in [0.5, 0.6) is 0 Å². The Labute approximate surface area is 196 Å². The molecule has 1 aliphatic rings. The van der Waals surface area contributed by atoms with Crippen molar-refractivity contribution >= 4 is 40.1 Å². The predicted octanol–water partition coefficient (Wildman–Crippen LogP) is 6.91.